The molecule has 0 aromatic heterocycles. The van der Waals surface area contributed by atoms with Crippen LogP contribution >= 0.6 is 0 Å². The van der Waals surface area contributed by atoms with Crippen LogP contribution < -0.4 is 5.32 Å². The molecule has 0 rings (SSSR count). The first-order valence-corrected chi connectivity index (χ1v) is 7.00. The molecule has 0 aromatic carbocycles. The van der Waals surface area contributed by atoms with Crippen molar-refractivity contribution in [3.8, 4) is 0 Å². The molecule has 0 heterocycles. The van der Waals surface area contributed by atoms with Crippen molar-refractivity contribution >= 4 is 5.97 Å². The van der Waals surface area contributed by atoms with Gasteiger partial charge >= 0.3 is 5.97 Å². The molecule has 18 heavy (non-hydrogen) atoms. The number of carboxylic acid groups (broad SMARTS) is 1. The van der Waals surface area contributed by atoms with Gasteiger partial charge in [-0.3, -0.25) is 10.1 Å². The summed E-state index contributed by atoms with van der Waals surface area (Å²) < 4.78 is 5.60. The molecule has 0 saturated carbocycles. The second-order valence-electron chi connectivity index (χ2n) is 5.23. The smallest absolute Gasteiger partial charge is 0.323 e. The zero-order valence-corrected chi connectivity index (χ0v) is 12.5. The van der Waals surface area contributed by atoms with E-state index in [1.54, 1.807) is 0 Å². The van der Waals surface area contributed by atoms with Crippen LogP contribution in [-0.4, -0.2) is 35.4 Å². The minimum Gasteiger partial charge on any atom is -0.480 e. The Morgan fingerprint density at radius 1 is 1.33 bits per heavy atom. The normalized spacial score (nSPS) is 16.6. The standard InChI is InChI=1S/C14H29NO3/c1-6-12(5)18-10-8-9-14(7-2,13(16)17)15-11(3)4/h11-12,15H,6-10H2,1-5H3,(H,16,17). The predicted octanol–water partition coefficient (Wildman–Crippen LogP) is 2.81. The Labute approximate surface area is 111 Å². The van der Waals surface area contributed by atoms with Crippen molar-refractivity contribution in [2.45, 2.75) is 78.0 Å². The SMILES string of the molecule is CCC(C)OCCCC(CC)(NC(C)C)C(=O)O. The summed E-state index contributed by atoms with van der Waals surface area (Å²) in [6.45, 7) is 10.6. The first-order chi connectivity index (χ1) is 8.38. The maximum atomic E-state index is 11.5. The van der Waals surface area contributed by atoms with Gasteiger partial charge in [-0.25, -0.2) is 0 Å². The lowest BCUT2D eigenvalue weighted by atomic mass is 9.89. The van der Waals surface area contributed by atoms with E-state index in [4.69, 9.17) is 4.74 Å². The summed E-state index contributed by atoms with van der Waals surface area (Å²) in [5.41, 5.74) is -0.813. The Morgan fingerprint density at radius 2 is 1.94 bits per heavy atom. The molecule has 0 radical (unpaired) electrons. The quantitative estimate of drug-likeness (QED) is 0.592. The van der Waals surface area contributed by atoms with Crippen LogP contribution in [0.2, 0.25) is 0 Å². The molecular weight excluding hydrogens is 230 g/mol. The van der Waals surface area contributed by atoms with Gasteiger partial charge in [-0.1, -0.05) is 13.8 Å². The van der Waals surface area contributed by atoms with Crippen molar-refractivity contribution in [3.05, 3.63) is 0 Å². The topological polar surface area (TPSA) is 58.6 Å². The van der Waals surface area contributed by atoms with Gasteiger partial charge in [-0.15, -0.1) is 0 Å². The van der Waals surface area contributed by atoms with E-state index in [0.717, 1.165) is 12.8 Å². The first kappa shape index (κ1) is 17.4. The summed E-state index contributed by atoms with van der Waals surface area (Å²) in [5.74, 6) is -0.762. The summed E-state index contributed by atoms with van der Waals surface area (Å²) in [6.07, 6.45) is 3.20. The Morgan fingerprint density at radius 3 is 2.33 bits per heavy atom. The average Bonchev–Trinajstić information content (AvgIpc) is 2.31. The summed E-state index contributed by atoms with van der Waals surface area (Å²) in [4.78, 5) is 11.5. The second kappa shape index (κ2) is 8.48. The zero-order valence-electron chi connectivity index (χ0n) is 12.5. The van der Waals surface area contributed by atoms with Gasteiger partial charge in [-0.05, 0) is 46.5 Å². The van der Waals surface area contributed by atoms with Crippen LogP contribution in [0.4, 0.5) is 0 Å². The molecule has 0 aliphatic heterocycles. The van der Waals surface area contributed by atoms with Crippen molar-refractivity contribution in [2.75, 3.05) is 6.61 Å². The third-order valence-corrected chi connectivity index (χ3v) is 3.30. The van der Waals surface area contributed by atoms with Crippen molar-refractivity contribution in [1.29, 1.82) is 0 Å². The molecule has 0 aliphatic rings. The highest BCUT2D eigenvalue weighted by atomic mass is 16.5. The largest absolute Gasteiger partial charge is 0.480 e. The maximum absolute atomic E-state index is 11.5. The molecule has 2 atom stereocenters. The van der Waals surface area contributed by atoms with Crippen LogP contribution in [0.25, 0.3) is 0 Å². The molecular formula is C14H29NO3. The zero-order chi connectivity index (χ0) is 14.2. The van der Waals surface area contributed by atoms with Gasteiger partial charge in [0, 0.05) is 12.6 Å². The fourth-order valence-electron chi connectivity index (χ4n) is 2.00. The maximum Gasteiger partial charge on any atom is 0.323 e. The second-order valence-corrected chi connectivity index (χ2v) is 5.23. The third kappa shape index (κ3) is 5.83. The van der Waals surface area contributed by atoms with Crippen LogP contribution in [0.1, 0.15) is 60.3 Å². The highest BCUT2D eigenvalue weighted by Gasteiger charge is 2.36. The third-order valence-electron chi connectivity index (χ3n) is 3.30. The Balaban J connectivity index is 4.29. The van der Waals surface area contributed by atoms with E-state index in [9.17, 15) is 9.90 Å². The van der Waals surface area contributed by atoms with Gasteiger partial charge in [0.2, 0.25) is 0 Å². The molecule has 0 fully saturated rings. The predicted molar refractivity (Wildman–Crippen MR) is 73.9 cm³/mol. The monoisotopic (exact) mass is 259 g/mol. The highest BCUT2D eigenvalue weighted by Crippen LogP contribution is 2.19. The first-order valence-electron chi connectivity index (χ1n) is 7.00. The van der Waals surface area contributed by atoms with E-state index < -0.39 is 11.5 Å². The van der Waals surface area contributed by atoms with Gasteiger partial charge in [-0.2, -0.15) is 0 Å². The Kier molecular flexibility index (Phi) is 8.20. The summed E-state index contributed by atoms with van der Waals surface area (Å²) in [6, 6.07) is 0.163. The van der Waals surface area contributed by atoms with E-state index in [0.29, 0.717) is 19.4 Å². The Hall–Kier alpha value is -0.610. The molecule has 0 bridgehead atoms. The lowest BCUT2D eigenvalue weighted by molar-refractivity contribution is -0.146. The molecule has 0 saturated heterocycles. The van der Waals surface area contributed by atoms with Crippen molar-refractivity contribution in [2.24, 2.45) is 0 Å². The minimum atomic E-state index is -0.813. The molecule has 108 valence electrons. The molecule has 0 aromatic rings. The van der Waals surface area contributed by atoms with Crippen LogP contribution in [-0.2, 0) is 9.53 Å². The highest BCUT2D eigenvalue weighted by molar-refractivity contribution is 5.78. The molecule has 2 N–H and O–H groups in total. The van der Waals surface area contributed by atoms with Crippen LogP contribution in [0.15, 0.2) is 0 Å². The van der Waals surface area contributed by atoms with E-state index >= 15 is 0 Å². The fourth-order valence-corrected chi connectivity index (χ4v) is 2.00. The summed E-state index contributed by atoms with van der Waals surface area (Å²) in [5, 5.41) is 12.6. The van der Waals surface area contributed by atoms with Crippen LogP contribution in [0, 0.1) is 0 Å². The van der Waals surface area contributed by atoms with Crippen molar-refractivity contribution in [3.63, 3.8) is 0 Å². The average molecular weight is 259 g/mol. The lowest BCUT2D eigenvalue weighted by Crippen LogP contribution is -2.54. The molecule has 0 aliphatic carbocycles. The Bertz CT molecular complexity index is 243. The summed E-state index contributed by atoms with van der Waals surface area (Å²) >= 11 is 0. The number of aliphatic carboxylic acids is 1. The lowest BCUT2D eigenvalue weighted by Gasteiger charge is -2.31. The van der Waals surface area contributed by atoms with Gasteiger partial charge in [0.05, 0.1) is 6.10 Å². The van der Waals surface area contributed by atoms with E-state index in [2.05, 4.69) is 12.2 Å². The molecule has 2 unspecified atom stereocenters. The van der Waals surface area contributed by atoms with Gasteiger partial charge in [0.1, 0.15) is 5.54 Å². The van der Waals surface area contributed by atoms with Crippen molar-refractivity contribution < 1.29 is 14.6 Å². The van der Waals surface area contributed by atoms with Gasteiger partial charge < -0.3 is 9.84 Å². The van der Waals surface area contributed by atoms with E-state index in [-0.39, 0.29) is 12.1 Å². The molecule has 0 spiro atoms. The van der Waals surface area contributed by atoms with Crippen LogP contribution in [0.3, 0.4) is 0 Å². The van der Waals surface area contributed by atoms with Gasteiger partial charge in [0.15, 0.2) is 0 Å². The number of hydrogen-bond donors (Lipinski definition) is 2. The molecule has 4 nitrogen and oxygen atoms in total. The number of rotatable bonds is 10. The fraction of sp³-hybridized carbons (Fsp3) is 0.929. The molecule has 0 amide bonds. The number of nitrogens with one attached hydrogen (secondary N) is 1. The van der Waals surface area contributed by atoms with E-state index in [1.807, 2.05) is 27.7 Å². The number of carboxylic acids is 1. The number of ether oxygens (including phenoxy) is 1. The summed E-state index contributed by atoms with van der Waals surface area (Å²) in [7, 11) is 0. The minimum absolute atomic E-state index is 0.163. The molecule has 4 heteroatoms. The number of carbonyl (C=O) groups is 1. The van der Waals surface area contributed by atoms with Crippen molar-refractivity contribution in [1.82, 2.24) is 5.32 Å². The van der Waals surface area contributed by atoms with Gasteiger partial charge in [0.25, 0.3) is 0 Å². The van der Waals surface area contributed by atoms with Crippen LogP contribution in [0.5, 0.6) is 0 Å². The number of hydrogen-bond acceptors (Lipinski definition) is 3. The van der Waals surface area contributed by atoms with E-state index in [1.165, 1.54) is 0 Å².